The summed E-state index contributed by atoms with van der Waals surface area (Å²) < 4.78 is 4.16. The summed E-state index contributed by atoms with van der Waals surface area (Å²) in [5.41, 5.74) is 2.35. The Hall–Kier alpha value is -1.38. The van der Waals surface area contributed by atoms with E-state index in [1.165, 1.54) is 5.69 Å². The Balaban J connectivity index is 2.92. The number of fused-ring (bicyclic) bond motifs is 1. The summed E-state index contributed by atoms with van der Waals surface area (Å²) in [6.07, 6.45) is 7.67. The molecule has 0 aliphatic rings. The van der Waals surface area contributed by atoms with Crippen molar-refractivity contribution in [3.05, 3.63) is 30.5 Å². The summed E-state index contributed by atoms with van der Waals surface area (Å²) in [5.74, 6) is 0. The maximum atomic E-state index is 4.05. The Labute approximate surface area is 64.9 Å². The average molecular weight is 148 g/mol. The lowest BCUT2D eigenvalue weighted by Crippen LogP contribution is -2.18. The Bertz CT molecular complexity index is 389. The molecule has 0 fully saturated rings. The Morgan fingerprint density at radius 2 is 2.36 bits per heavy atom. The first kappa shape index (κ1) is 6.34. The topological polar surface area (TPSA) is 21.9 Å². The van der Waals surface area contributed by atoms with Crippen molar-refractivity contribution in [1.29, 1.82) is 0 Å². The van der Waals surface area contributed by atoms with E-state index in [4.69, 9.17) is 0 Å². The Morgan fingerprint density at radius 1 is 1.55 bits per heavy atom. The zero-order valence-electron chi connectivity index (χ0n) is 6.65. The lowest BCUT2D eigenvalue weighted by Gasteiger charge is -1.85. The summed E-state index contributed by atoms with van der Waals surface area (Å²) >= 11 is 0. The smallest absolute Gasteiger partial charge is 0.252 e. The van der Waals surface area contributed by atoms with E-state index < -0.39 is 0 Å². The van der Waals surface area contributed by atoms with Gasteiger partial charge in [0, 0.05) is 6.92 Å². The van der Waals surface area contributed by atoms with E-state index in [0.717, 1.165) is 5.65 Å². The van der Waals surface area contributed by atoms with Crippen LogP contribution in [0.1, 0.15) is 5.69 Å². The van der Waals surface area contributed by atoms with Gasteiger partial charge in [0.25, 0.3) is 0 Å². The van der Waals surface area contributed by atoms with Crippen LogP contribution in [0.2, 0.25) is 0 Å². The fourth-order valence-electron chi connectivity index (χ4n) is 1.20. The molecule has 0 aliphatic heterocycles. The van der Waals surface area contributed by atoms with Crippen LogP contribution >= 0.6 is 0 Å². The van der Waals surface area contributed by atoms with Crippen molar-refractivity contribution < 1.29 is 4.40 Å². The number of hydrogen-bond donors (Lipinski definition) is 0. The van der Waals surface area contributed by atoms with E-state index in [2.05, 4.69) is 27.1 Å². The van der Waals surface area contributed by atoms with Crippen molar-refractivity contribution in [3.8, 4) is 0 Å². The highest BCUT2D eigenvalue weighted by molar-refractivity contribution is 5.28. The van der Waals surface area contributed by atoms with E-state index in [1.807, 2.05) is 19.4 Å². The van der Waals surface area contributed by atoms with Gasteiger partial charge < -0.3 is 0 Å². The molecule has 0 radical (unpaired) electrons. The van der Waals surface area contributed by atoms with Gasteiger partial charge in [-0.25, -0.2) is 4.57 Å². The van der Waals surface area contributed by atoms with E-state index in [1.54, 1.807) is 6.20 Å². The van der Waals surface area contributed by atoms with Gasteiger partial charge in [0.05, 0.1) is 13.2 Å². The van der Waals surface area contributed by atoms with Crippen molar-refractivity contribution in [2.75, 3.05) is 0 Å². The number of imidazole rings is 1. The highest BCUT2D eigenvalue weighted by Crippen LogP contribution is 1.98. The van der Waals surface area contributed by atoms with Gasteiger partial charge in [-0.15, -0.1) is 0 Å². The molecule has 0 unspecified atom stereocenters. The summed E-state index contributed by atoms with van der Waals surface area (Å²) in [4.78, 5) is 4.05. The van der Waals surface area contributed by atoms with E-state index in [9.17, 15) is 0 Å². The first-order chi connectivity index (χ1) is 5.29. The van der Waals surface area contributed by atoms with Crippen LogP contribution in [0.3, 0.4) is 0 Å². The lowest BCUT2D eigenvalue weighted by atomic mass is 10.5. The van der Waals surface area contributed by atoms with Gasteiger partial charge in [0.15, 0.2) is 0 Å². The van der Waals surface area contributed by atoms with E-state index in [0.29, 0.717) is 0 Å². The monoisotopic (exact) mass is 148 g/mol. The molecule has 2 aromatic rings. The summed E-state index contributed by atoms with van der Waals surface area (Å²) in [6.45, 7) is 2.08. The third-order valence-corrected chi connectivity index (χ3v) is 1.97. The van der Waals surface area contributed by atoms with Crippen LogP contribution in [0, 0.1) is 6.92 Å². The molecule has 3 nitrogen and oxygen atoms in total. The molecule has 0 aliphatic carbocycles. The molecule has 0 N–H and O–H groups in total. The second-order valence-electron chi connectivity index (χ2n) is 2.67. The van der Waals surface area contributed by atoms with Gasteiger partial charge in [0.1, 0.15) is 24.3 Å². The number of aryl methyl sites for hydroxylation is 2. The van der Waals surface area contributed by atoms with Crippen LogP contribution in [-0.4, -0.2) is 9.55 Å². The predicted octanol–water partition coefficient (Wildman–Crippen LogP) is 0.467. The molecule has 0 aromatic carbocycles. The molecule has 0 amide bonds. The number of hydrogen-bond acceptors (Lipinski definition) is 1. The lowest BCUT2D eigenvalue weighted by molar-refractivity contribution is -0.511. The summed E-state index contributed by atoms with van der Waals surface area (Å²) in [5, 5.41) is 0. The third-order valence-electron chi connectivity index (χ3n) is 1.97. The molecule has 0 spiro atoms. The molecular formula is C8H10N3+. The van der Waals surface area contributed by atoms with Crippen LogP contribution in [0.5, 0.6) is 0 Å². The molecular weight excluding hydrogens is 138 g/mol. The second kappa shape index (κ2) is 2.05. The highest BCUT2D eigenvalue weighted by atomic mass is 15.1. The van der Waals surface area contributed by atoms with Crippen LogP contribution in [0.4, 0.5) is 0 Å². The maximum absolute atomic E-state index is 4.05. The summed E-state index contributed by atoms with van der Waals surface area (Å²) in [7, 11) is 2.03. The molecule has 2 rings (SSSR count). The van der Waals surface area contributed by atoms with Gasteiger partial charge in [-0.05, 0) is 0 Å². The fourth-order valence-corrected chi connectivity index (χ4v) is 1.20. The Kier molecular flexibility index (Phi) is 1.18. The number of aromatic nitrogens is 3. The molecule has 56 valence electrons. The third kappa shape index (κ3) is 0.808. The first-order valence-corrected chi connectivity index (χ1v) is 3.56. The normalized spacial score (nSPS) is 10.7. The summed E-state index contributed by atoms with van der Waals surface area (Å²) in [6, 6.07) is 0. The largest absolute Gasteiger partial charge is 0.304 e. The van der Waals surface area contributed by atoms with Crippen molar-refractivity contribution in [1.82, 2.24) is 9.55 Å². The van der Waals surface area contributed by atoms with Crippen molar-refractivity contribution in [2.45, 2.75) is 6.92 Å². The van der Waals surface area contributed by atoms with Crippen LogP contribution in [0.25, 0.3) is 5.65 Å². The van der Waals surface area contributed by atoms with Crippen LogP contribution in [0.15, 0.2) is 24.8 Å². The van der Waals surface area contributed by atoms with Gasteiger partial charge in [-0.1, -0.05) is 0 Å². The van der Waals surface area contributed by atoms with Crippen LogP contribution in [-0.2, 0) is 7.05 Å². The van der Waals surface area contributed by atoms with Gasteiger partial charge in [-0.2, -0.15) is 4.40 Å². The molecule has 3 heteroatoms. The van der Waals surface area contributed by atoms with Crippen molar-refractivity contribution in [2.24, 2.45) is 7.05 Å². The van der Waals surface area contributed by atoms with Gasteiger partial charge in [0.2, 0.25) is 0 Å². The Morgan fingerprint density at radius 3 is 3.09 bits per heavy atom. The molecule has 11 heavy (non-hydrogen) atoms. The molecule has 0 bridgehead atoms. The first-order valence-electron chi connectivity index (χ1n) is 3.56. The standard InChI is InChI=1S/C8H10N3/c1-7-6-11-4-3-9-5-8(11)10(7)2/h3-6H,1-2H3/q+1. The molecule has 0 saturated carbocycles. The van der Waals surface area contributed by atoms with Crippen LogP contribution < -0.4 is 4.40 Å². The highest BCUT2D eigenvalue weighted by Gasteiger charge is 2.08. The number of rotatable bonds is 0. The molecule has 2 heterocycles. The molecule has 2 aromatic heterocycles. The average Bonchev–Trinajstić information content (AvgIpc) is 2.30. The minimum atomic E-state index is 1.12. The predicted molar refractivity (Wildman–Crippen MR) is 41.1 cm³/mol. The van der Waals surface area contributed by atoms with Crippen molar-refractivity contribution >= 4 is 5.65 Å². The maximum Gasteiger partial charge on any atom is 0.304 e. The zero-order chi connectivity index (χ0) is 7.84. The quantitative estimate of drug-likeness (QED) is 0.498. The van der Waals surface area contributed by atoms with E-state index >= 15 is 0 Å². The molecule has 0 saturated heterocycles. The number of nitrogens with zero attached hydrogens (tertiary/aromatic N) is 3. The molecule has 0 atom stereocenters. The minimum Gasteiger partial charge on any atom is -0.252 e. The minimum absolute atomic E-state index is 1.12. The second-order valence-corrected chi connectivity index (χ2v) is 2.67. The van der Waals surface area contributed by atoms with Gasteiger partial charge >= 0.3 is 5.65 Å². The van der Waals surface area contributed by atoms with E-state index in [-0.39, 0.29) is 0 Å². The fraction of sp³-hybridized carbons (Fsp3) is 0.250. The van der Waals surface area contributed by atoms with Crippen molar-refractivity contribution in [3.63, 3.8) is 0 Å². The van der Waals surface area contributed by atoms with Gasteiger partial charge in [-0.3, -0.25) is 4.98 Å². The SMILES string of the molecule is Cc1c[n+]2ccncc2n1C. The zero-order valence-corrected chi connectivity index (χ0v) is 6.65.